The lowest BCUT2D eigenvalue weighted by Crippen LogP contribution is -2.29. The van der Waals surface area contributed by atoms with Crippen molar-refractivity contribution >= 4 is 5.91 Å². The molecule has 1 atom stereocenters. The number of rotatable bonds is 5. The summed E-state index contributed by atoms with van der Waals surface area (Å²) in [6.45, 7) is 6.10. The molecule has 1 amide bonds. The second-order valence-electron chi connectivity index (χ2n) is 6.11. The first kappa shape index (κ1) is 18.3. The van der Waals surface area contributed by atoms with Crippen molar-refractivity contribution in [3.8, 4) is 11.1 Å². The van der Waals surface area contributed by atoms with Gasteiger partial charge in [-0.3, -0.25) is 14.6 Å². The third kappa shape index (κ3) is 3.71. The van der Waals surface area contributed by atoms with Gasteiger partial charge in [0.1, 0.15) is 12.2 Å². The minimum Gasteiger partial charge on any atom is -0.342 e. The van der Waals surface area contributed by atoms with Gasteiger partial charge in [0.15, 0.2) is 0 Å². The lowest BCUT2D eigenvalue weighted by molar-refractivity contribution is 0.0937. The summed E-state index contributed by atoms with van der Waals surface area (Å²) >= 11 is 0. The molecule has 1 aromatic carbocycles. The molecular weight excluding hydrogens is 348 g/mol. The van der Waals surface area contributed by atoms with Gasteiger partial charge in [-0.05, 0) is 38.5 Å². The average Bonchev–Trinajstić information content (AvgIpc) is 3.10. The van der Waals surface area contributed by atoms with Crippen LogP contribution in [0, 0.1) is 6.92 Å². The number of hydrogen-bond donors (Lipinski definition) is 3. The summed E-state index contributed by atoms with van der Waals surface area (Å²) < 4.78 is 1.72. The van der Waals surface area contributed by atoms with Gasteiger partial charge in [-0.25, -0.2) is 14.5 Å². The normalized spacial score (nSPS) is 12.0. The van der Waals surface area contributed by atoms with E-state index in [1.165, 1.54) is 6.33 Å². The Morgan fingerprint density at radius 3 is 2.56 bits per heavy atom. The summed E-state index contributed by atoms with van der Waals surface area (Å²) in [6.07, 6.45) is 1.46. The van der Waals surface area contributed by atoms with E-state index in [-0.39, 0.29) is 11.9 Å². The van der Waals surface area contributed by atoms with Gasteiger partial charge in [-0.2, -0.15) is 5.10 Å². The topological polar surface area (TPSA) is 126 Å². The van der Waals surface area contributed by atoms with Gasteiger partial charge in [0.05, 0.1) is 11.6 Å². The van der Waals surface area contributed by atoms with Crippen LogP contribution in [0.1, 0.15) is 41.8 Å². The number of H-pyrrole nitrogens is 2. The zero-order chi connectivity index (χ0) is 19.6. The Labute approximate surface area is 154 Å². The maximum atomic E-state index is 12.5. The van der Waals surface area contributed by atoms with E-state index in [2.05, 4.69) is 25.4 Å². The Bertz CT molecular complexity index is 1080. The molecule has 0 spiro atoms. The number of benzene rings is 1. The highest BCUT2D eigenvalue weighted by Gasteiger charge is 2.16. The van der Waals surface area contributed by atoms with E-state index in [9.17, 15) is 14.4 Å². The van der Waals surface area contributed by atoms with Crippen LogP contribution < -0.4 is 16.6 Å². The van der Waals surface area contributed by atoms with Gasteiger partial charge in [-0.15, -0.1) is 0 Å². The Morgan fingerprint density at radius 2 is 1.93 bits per heavy atom. The Kier molecular flexibility index (Phi) is 5.02. The molecule has 3 N–H and O–H groups in total. The fourth-order valence-corrected chi connectivity index (χ4v) is 2.93. The number of carbonyl (C=O) groups is 1. The number of aryl methyl sites for hydroxylation is 2. The first-order chi connectivity index (χ1) is 12.9. The molecule has 3 rings (SSSR count). The minimum absolute atomic E-state index is 0.258. The number of hydrogen-bond acceptors (Lipinski definition) is 5. The van der Waals surface area contributed by atoms with Gasteiger partial charge < -0.3 is 10.3 Å². The van der Waals surface area contributed by atoms with Gasteiger partial charge in [0.2, 0.25) is 0 Å². The van der Waals surface area contributed by atoms with Crippen LogP contribution >= 0.6 is 0 Å². The van der Waals surface area contributed by atoms with Gasteiger partial charge >= 0.3 is 5.69 Å². The Balaban J connectivity index is 1.80. The van der Waals surface area contributed by atoms with Crippen molar-refractivity contribution in [3.05, 3.63) is 68.5 Å². The van der Waals surface area contributed by atoms with Crippen LogP contribution in [0.3, 0.4) is 0 Å². The number of amides is 1. The summed E-state index contributed by atoms with van der Waals surface area (Å²) in [6, 6.07) is 6.30. The van der Waals surface area contributed by atoms with Crippen molar-refractivity contribution in [1.82, 2.24) is 30.0 Å². The van der Waals surface area contributed by atoms with Crippen LogP contribution in [0.5, 0.6) is 0 Å². The fraction of sp³-hybridized carbons (Fsp3) is 0.278. The van der Waals surface area contributed by atoms with Crippen molar-refractivity contribution in [2.24, 2.45) is 0 Å². The molecule has 140 valence electrons. The van der Waals surface area contributed by atoms with Gasteiger partial charge in [-0.1, -0.05) is 12.1 Å². The van der Waals surface area contributed by atoms with Crippen molar-refractivity contribution in [3.63, 3.8) is 0 Å². The van der Waals surface area contributed by atoms with Crippen molar-refractivity contribution in [1.29, 1.82) is 0 Å². The Hall–Kier alpha value is -3.49. The van der Waals surface area contributed by atoms with E-state index >= 15 is 0 Å². The molecule has 0 aliphatic heterocycles. The number of aromatic amines is 2. The lowest BCUT2D eigenvalue weighted by Gasteiger charge is -2.14. The first-order valence-electron chi connectivity index (χ1n) is 8.53. The molecule has 0 fully saturated rings. The molecule has 3 aromatic rings. The zero-order valence-electron chi connectivity index (χ0n) is 15.2. The summed E-state index contributed by atoms with van der Waals surface area (Å²) in [7, 11) is 0. The van der Waals surface area contributed by atoms with Crippen LogP contribution in [0.2, 0.25) is 0 Å². The maximum Gasteiger partial charge on any atom is 0.325 e. The minimum atomic E-state index is -0.550. The molecule has 0 aliphatic rings. The molecule has 0 unspecified atom stereocenters. The van der Waals surface area contributed by atoms with Crippen LogP contribution in [-0.2, 0) is 6.54 Å². The Morgan fingerprint density at radius 1 is 1.22 bits per heavy atom. The monoisotopic (exact) mass is 368 g/mol. The molecule has 9 nitrogen and oxygen atoms in total. The van der Waals surface area contributed by atoms with Crippen LogP contribution in [-0.4, -0.2) is 30.6 Å². The smallest absolute Gasteiger partial charge is 0.325 e. The van der Waals surface area contributed by atoms with Gasteiger partial charge in [0, 0.05) is 17.8 Å². The van der Waals surface area contributed by atoms with E-state index in [0.29, 0.717) is 34.8 Å². The van der Waals surface area contributed by atoms with Crippen molar-refractivity contribution < 1.29 is 4.79 Å². The highest BCUT2D eigenvalue weighted by molar-refractivity contribution is 5.94. The molecule has 0 saturated heterocycles. The first-order valence-corrected chi connectivity index (χ1v) is 8.53. The van der Waals surface area contributed by atoms with Gasteiger partial charge in [0.25, 0.3) is 11.5 Å². The molecule has 9 heteroatoms. The molecule has 2 heterocycles. The summed E-state index contributed by atoms with van der Waals surface area (Å²) in [4.78, 5) is 44.8. The highest BCUT2D eigenvalue weighted by Crippen LogP contribution is 2.18. The number of carbonyl (C=O) groups excluding carboxylic acids is 1. The highest BCUT2D eigenvalue weighted by atomic mass is 16.2. The van der Waals surface area contributed by atoms with Crippen LogP contribution in [0.4, 0.5) is 0 Å². The number of aromatic nitrogens is 5. The SMILES string of the molecule is CCn1ncnc1[C@H](C)NC(=O)c1ccc(-c2c(C)[nH]c(=O)[nH]c2=O)cc1. The second-order valence-corrected chi connectivity index (χ2v) is 6.11. The van der Waals surface area contributed by atoms with E-state index in [4.69, 9.17) is 0 Å². The summed E-state index contributed by atoms with van der Waals surface area (Å²) in [5.74, 6) is 0.421. The van der Waals surface area contributed by atoms with Crippen LogP contribution in [0.15, 0.2) is 40.2 Å². The number of nitrogens with one attached hydrogen (secondary N) is 3. The summed E-state index contributed by atoms with van der Waals surface area (Å²) in [5, 5.41) is 6.99. The zero-order valence-corrected chi connectivity index (χ0v) is 15.2. The fourth-order valence-electron chi connectivity index (χ4n) is 2.93. The van der Waals surface area contributed by atoms with Crippen molar-refractivity contribution in [2.45, 2.75) is 33.4 Å². The largest absolute Gasteiger partial charge is 0.342 e. The lowest BCUT2D eigenvalue weighted by atomic mass is 10.0. The third-order valence-corrected chi connectivity index (χ3v) is 4.25. The predicted molar refractivity (Wildman–Crippen MR) is 99.4 cm³/mol. The van der Waals surface area contributed by atoms with E-state index in [1.807, 2.05) is 13.8 Å². The van der Waals surface area contributed by atoms with E-state index in [0.717, 1.165) is 0 Å². The average molecular weight is 368 g/mol. The van der Waals surface area contributed by atoms with Crippen LogP contribution in [0.25, 0.3) is 11.1 Å². The summed E-state index contributed by atoms with van der Waals surface area (Å²) in [5.41, 5.74) is 0.874. The molecular formula is C18H20N6O3. The molecule has 27 heavy (non-hydrogen) atoms. The van der Waals surface area contributed by atoms with Crippen molar-refractivity contribution in [2.75, 3.05) is 0 Å². The molecule has 2 aromatic heterocycles. The van der Waals surface area contributed by atoms with E-state index < -0.39 is 11.2 Å². The maximum absolute atomic E-state index is 12.5. The predicted octanol–water partition coefficient (Wildman–Crippen LogP) is 1.14. The quantitative estimate of drug-likeness (QED) is 0.623. The molecule has 0 saturated carbocycles. The molecule has 0 radical (unpaired) electrons. The second kappa shape index (κ2) is 7.40. The standard InChI is InChI=1S/C18H20N6O3/c1-4-24-15(19-9-20-24)11(3)21-16(25)13-7-5-12(6-8-13)14-10(2)22-18(27)23-17(14)26/h5-9,11H,4H2,1-3H3,(H,21,25)(H2,22,23,26,27)/t11-/m0/s1. The molecule has 0 bridgehead atoms. The molecule has 0 aliphatic carbocycles. The number of nitrogens with zero attached hydrogens (tertiary/aromatic N) is 3. The van der Waals surface area contributed by atoms with E-state index in [1.54, 1.807) is 35.9 Å². The third-order valence-electron chi connectivity index (χ3n) is 4.25.